The van der Waals surface area contributed by atoms with E-state index >= 15 is 0 Å². The second-order valence-electron chi connectivity index (χ2n) is 12.6. The molecule has 8 nitrogen and oxygen atoms in total. The van der Waals surface area contributed by atoms with Crippen molar-refractivity contribution >= 4 is 79.2 Å². The van der Waals surface area contributed by atoms with Crippen molar-refractivity contribution in [3.05, 3.63) is 97.1 Å². The Bertz CT molecular complexity index is 1780. The number of carbonyl (C=O) groups excluding carboxylic acids is 2. The van der Waals surface area contributed by atoms with Gasteiger partial charge in [-0.2, -0.15) is 0 Å². The van der Waals surface area contributed by atoms with Crippen LogP contribution in [0.2, 0.25) is 0 Å². The van der Waals surface area contributed by atoms with Crippen molar-refractivity contribution in [1.29, 1.82) is 0 Å². The third-order valence-corrected chi connectivity index (χ3v) is 8.94. The molecule has 0 unspecified atom stereocenters. The van der Waals surface area contributed by atoms with E-state index < -0.39 is 0 Å². The van der Waals surface area contributed by atoms with Crippen molar-refractivity contribution in [2.45, 2.75) is 57.8 Å². The standard InChI is InChI=1S/C41H46N6O2.ClH/c48-38(42-26-11-1-13-28-44-40-30-16-3-7-20-34(30)46-35-21-8-4-17-31(35)40)24-15-25-39(49)43-27-12-2-14-29-45-41-32-18-5-9-22-36(32)47-37-23-10-6-19-33(37)41;/h3-10,16-23H,1-2,11-15,24-29H2,(H,42,48)(H,43,49)(H,44,46)(H,45,47);1H. The molecule has 260 valence electrons. The highest BCUT2D eigenvalue weighted by Gasteiger charge is 2.10. The number of benzene rings is 4. The summed E-state index contributed by atoms with van der Waals surface area (Å²) in [5.41, 5.74) is 6.25. The SMILES string of the molecule is Cl.O=C(CCCC(=O)NCCCCCNc1c2ccccc2nc2ccccc12)NCCCCCNc1c2ccccc2nc2ccccc12. The van der Waals surface area contributed by atoms with Gasteiger partial charge in [0.25, 0.3) is 0 Å². The molecule has 0 saturated heterocycles. The lowest BCUT2D eigenvalue weighted by Crippen LogP contribution is -2.26. The molecular weight excluding hydrogens is 644 g/mol. The van der Waals surface area contributed by atoms with Crippen LogP contribution in [0.1, 0.15) is 57.8 Å². The fraction of sp³-hybridized carbons (Fsp3) is 0.317. The van der Waals surface area contributed by atoms with Crippen molar-refractivity contribution in [2.75, 3.05) is 36.8 Å². The highest BCUT2D eigenvalue weighted by molar-refractivity contribution is 6.08. The summed E-state index contributed by atoms with van der Waals surface area (Å²) >= 11 is 0. The number of pyridine rings is 2. The Labute approximate surface area is 300 Å². The van der Waals surface area contributed by atoms with Crippen molar-refractivity contribution in [2.24, 2.45) is 0 Å². The number of fused-ring (bicyclic) bond motifs is 4. The van der Waals surface area contributed by atoms with Crippen LogP contribution in [0, 0.1) is 0 Å². The lowest BCUT2D eigenvalue weighted by molar-refractivity contribution is -0.122. The van der Waals surface area contributed by atoms with Crippen LogP contribution in [0.3, 0.4) is 0 Å². The summed E-state index contributed by atoms with van der Waals surface area (Å²) in [5, 5.41) is 17.8. The average molecular weight is 691 g/mol. The van der Waals surface area contributed by atoms with E-state index in [0.29, 0.717) is 32.4 Å². The summed E-state index contributed by atoms with van der Waals surface area (Å²) in [4.78, 5) is 34.2. The zero-order chi connectivity index (χ0) is 33.7. The van der Waals surface area contributed by atoms with Gasteiger partial charge in [0.15, 0.2) is 0 Å². The molecule has 4 N–H and O–H groups in total. The maximum absolute atomic E-state index is 12.3. The van der Waals surface area contributed by atoms with E-state index in [9.17, 15) is 9.59 Å². The van der Waals surface area contributed by atoms with Crippen LogP contribution >= 0.6 is 12.4 Å². The number of nitrogens with one attached hydrogen (secondary N) is 4. The van der Waals surface area contributed by atoms with E-state index in [4.69, 9.17) is 9.97 Å². The van der Waals surface area contributed by atoms with E-state index in [1.54, 1.807) is 0 Å². The molecule has 2 amide bonds. The van der Waals surface area contributed by atoms with Crippen LogP contribution in [-0.4, -0.2) is 48.0 Å². The van der Waals surface area contributed by atoms with E-state index in [1.807, 2.05) is 48.5 Å². The molecule has 0 aliphatic carbocycles. The average Bonchev–Trinajstić information content (AvgIpc) is 3.13. The number of carbonyl (C=O) groups is 2. The lowest BCUT2D eigenvalue weighted by atomic mass is 10.1. The first-order valence-corrected chi connectivity index (χ1v) is 17.7. The monoisotopic (exact) mass is 690 g/mol. The topological polar surface area (TPSA) is 108 Å². The number of anilines is 2. The Balaban J connectivity index is 0.00000486. The highest BCUT2D eigenvalue weighted by atomic mass is 35.5. The van der Waals surface area contributed by atoms with Crippen LogP contribution < -0.4 is 21.3 Å². The highest BCUT2D eigenvalue weighted by Crippen LogP contribution is 2.31. The van der Waals surface area contributed by atoms with Gasteiger partial charge >= 0.3 is 0 Å². The minimum Gasteiger partial charge on any atom is -0.384 e. The predicted molar refractivity (Wildman–Crippen MR) is 210 cm³/mol. The molecule has 6 rings (SSSR count). The van der Waals surface area contributed by atoms with Crippen LogP contribution in [0.4, 0.5) is 11.4 Å². The van der Waals surface area contributed by atoms with Crippen LogP contribution in [-0.2, 0) is 9.59 Å². The van der Waals surface area contributed by atoms with Crippen molar-refractivity contribution in [3.8, 4) is 0 Å². The maximum Gasteiger partial charge on any atom is 0.220 e. The summed E-state index contributed by atoms with van der Waals surface area (Å²) < 4.78 is 0. The first-order chi connectivity index (χ1) is 24.2. The fourth-order valence-corrected chi connectivity index (χ4v) is 6.38. The molecule has 0 fully saturated rings. The number of hydrogen-bond donors (Lipinski definition) is 4. The van der Waals surface area contributed by atoms with Crippen LogP contribution in [0.5, 0.6) is 0 Å². The molecular formula is C41H47ClN6O2. The first kappa shape index (κ1) is 36.3. The van der Waals surface area contributed by atoms with Gasteiger partial charge in [-0.15, -0.1) is 12.4 Å². The Morgan fingerprint density at radius 1 is 0.420 bits per heavy atom. The molecule has 0 spiro atoms. The number of hydrogen-bond acceptors (Lipinski definition) is 6. The molecule has 50 heavy (non-hydrogen) atoms. The van der Waals surface area contributed by atoms with E-state index in [-0.39, 0.29) is 24.2 Å². The normalized spacial score (nSPS) is 11.0. The third-order valence-electron chi connectivity index (χ3n) is 8.94. The molecule has 0 bridgehead atoms. The molecule has 0 aliphatic rings. The van der Waals surface area contributed by atoms with Gasteiger partial charge in [0, 0.05) is 60.6 Å². The number of aromatic nitrogens is 2. The number of nitrogens with zero attached hydrogens (tertiary/aromatic N) is 2. The summed E-state index contributed by atoms with van der Waals surface area (Å²) in [5.74, 6) is 0.0332. The van der Waals surface area contributed by atoms with Gasteiger partial charge in [-0.1, -0.05) is 72.8 Å². The van der Waals surface area contributed by atoms with Gasteiger partial charge in [0.1, 0.15) is 0 Å². The van der Waals surface area contributed by atoms with E-state index in [1.165, 1.54) is 0 Å². The van der Waals surface area contributed by atoms with Gasteiger partial charge in [0.2, 0.25) is 11.8 Å². The number of para-hydroxylation sites is 4. The molecule has 0 radical (unpaired) electrons. The Kier molecular flexibility index (Phi) is 13.6. The molecule has 0 atom stereocenters. The summed E-state index contributed by atoms with van der Waals surface area (Å²) in [6, 6.07) is 33.0. The van der Waals surface area contributed by atoms with E-state index in [2.05, 4.69) is 69.8 Å². The molecule has 6 aromatic rings. The molecule has 4 aromatic carbocycles. The number of halogens is 1. The number of amides is 2. The second-order valence-corrected chi connectivity index (χ2v) is 12.6. The quantitative estimate of drug-likeness (QED) is 0.0531. The van der Waals surface area contributed by atoms with Crippen LogP contribution in [0.15, 0.2) is 97.1 Å². The lowest BCUT2D eigenvalue weighted by Gasteiger charge is -2.13. The Morgan fingerprint density at radius 3 is 1.10 bits per heavy atom. The van der Waals surface area contributed by atoms with Crippen molar-refractivity contribution < 1.29 is 9.59 Å². The van der Waals surface area contributed by atoms with Gasteiger partial charge in [-0.3, -0.25) is 9.59 Å². The zero-order valence-corrected chi connectivity index (χ0v) is 29.4. The maximum atomic E-state index is 12.3. The second kappa shape index (κ2) is 18.7. The predicted octanol–water partition coefficient (Wildman–Crippen LogP) is 8.78. The Morgan fingerprint density at radius 2 is 0.740 bits per heavy atom. The minimum atomic E-state index is 0. The van der Waals surface area contributed by atoms with E-state index in [0.717, 1.165) is 107 Å². The van der Waals surface area contributed by atoms with Crippen molar-refractivity contribution in [1.82, 2.24) is 20.6 Å². The molecule has 9 heteroatoms. The summed E-state index contributed by atoms with van der Waals surface area (Å²) in [7, 11) is 0. The van der Waals surface area contributed by atoms with Gasteiger partial charge in [-0.25, -0.2) is 9.97 Å². The molecule has 0 saturated carbocycles. The largest absolute Gasteiger partial charge is 0.384 e. The zero-order valence-electron chi connectivity index (χ0n) is 28.5. The number of rotatable bonds is 18. The first-order valence-electron chi connectivity index (χ1n) is 17.7. The van der Waals surface area contributed by atoms with Gasteiger partial charge in [-0.05, 0) is 69.2 Å². The Hall–Kier alpha value is -4.95. The molecule has 2 heterocycles. The van der Waals surface area contributed by atoms with Gasteiger partial charge in [0.05, 0.1) is 33.4 Å². The number of unbranched alkanes of at least 4 members (excludes halogenated alkanes) is 4. The van der Waals surface area contributed by atoms with Gasteiger partial charge < -0.3 is 21.3 Å². The van der Waals surface area contributed by atoms with Crippen molar-refractivity contribution in [3.63, 3.8) is 0 Å². The summed E-state index contributed by atoms with van der Waals surface area (Å²) in [6.45, 7) is 3.04. The van der Waals surface area contributed by atoms with Crippen LogP contribution in [0.25, 0.3) is 43.6 Å². The third kappa shape index (κ3) is 9.60. The molecule has 0 aliphatic heterocycles. The smallest absolute Gasteiger partial charge is 0.220 e. The fourth-order valence-electron chi connectivity index (χ4n) is 6.38. The minimum absolute atomic E-state index is 0. The summed E-state index contributed by atoms with van der Waals surface area (Å²) in [6.07, 6.45) is 7.23. The molecule has 2 aromatic heterocycles.